The van der Waals surface area contributed by atoms with E-state index in [1.54, 1.807) is 13.8 Å². The van der Waals surface area contributed by atoms with E-state index in [0.29, 0.717) is 13.0 Å². The van der Waals surface area contributed by atoms with Crippen molar-refractivity contribution >= 4 is 70.0 Å². The number of rotatable bonds is 18. The van der Waals surface area contributed by atoms with Crippen LogP contribution in [0.5, 0.6) is 0 Å². The molecule has 5 atom stereocenters. The van der Waals surface area contributed by atoms with Crippen molar-refractivity contribution in [2.24, 2.45) is 22.4 Å². The number of hydrogen-bond donors (Lipinski definition) is 11. The second-order valence-corrected chi connectivity index (χ2v) is 16.8. The molecule has 13 N–H and O–H groups in total. The van der Waals surface area contributed by atoms with Gasteiger partial charge in [-0.2, -0.15) is 0 Å². The summed E-state index contributed by atoms with van der Waals surface area (Å²) in [6.07, 6.45) is 10.3. The van der Waals surface area contributed by atoms with E-state index in [2.05, 4.69) is 47.5 Å². The number of nitrogens with one attached hydrogen (secondary N) is 8. The third-order valence-electron chi connectivity index (χ3n) is 9.83. The van der Waals surface area contributed by atoms with Crippen LogP contribution in [-0.2, 0) is 54.0 Å². The number of carbonyl (C=O) groups is 9. The van der Waals surface area contributed by atoms with Crippen molar-refractivity contribution in [3.05, 3.63) is 11.8 Å². The minimum absolute atomic E-state index is 0.104. The standard InChI is InChI=1S/C38H63N11O11S/c1-4-24-32(54)48-31(23(2)3)34(56)49-38(22-61(60)21-26(35(57)58)46-30(53)20-43-28(51)18-44-36(38)59)17-25(33(55)47-24)45-29(52)19-42-27(50)15-13-11-9-7-5-6-8-10-12-14-16-41-37(39)40/h4,23,25-26,31H,5-22H2,1-3H3,(H,42,50)(H,43,51)(H,44,59)(H,45,52)(H,46,53)(H,47,55)(H,48,54)(H,49,56)(H,57,58)(H4,39,40,41)/b24-4+/t25?,26?,31-,38?,61?/m0/s1. The number of nitrogens with zero attached hydrogens (tertiary/aromatic N) is 1. The summed E-state index contributed by atoms with van der Waals surface area (Å²) in [6.45, 7) is 3.19. The average Bonchev–Trinajstić information content (AvgIpc) is 3.20. The van der Waals surface area contributed by atoms with Gasteiger partial charge in [0.1, 0.15) is 29.4 Å². The summed E-state index contributed by atoms with van der Waals surface area (Å²) in [5, 5.41) is 28.8. The molecule has 0 radical (unpaired) electrons. The molecule has 0 aromatic rings. The average molecular weight is 882 g/mol. The van der Waals surface area contributed by atoms with Gasteiger partial charge in [-0.1, -0.05) is 71.3 Å². The zero-order valence-corrected chi connectivity index (χ0v) is 36.0. The molecule has 23 heteroatoms. The first-order chi connectivity index (χ1) is 28.9. The van der Waals surface area contributed by atoms with E-state index in [1.165, 1.54) is 13.0 Å². The Hall–Kier alpha value is -5.61. The minimum Gasteiger partial charge on any atom is -0.480 e. The monoisotopic (exact) mass is 881 g/mol. The first-order valence-corrected chi connectivity index (χ1v) is 22.0. The Bertz CT molecular complexity index is 1690. The van der Waals surface area contributed by atoms with Crippen LogP contribution in [0.1, 0.15) is 97.8 Å². The van der Waals surface area contributed by atoms with E-state index >= 15 is 0 Å². The quantitative estimate of drug-likeness (QED) is 0.0286. The minimum atomic E-state index is -2.42. The van der Waals surface area contributed by atoms with Gasteiger partial charge in [-0.25, -0.2) is 4.79 Å². The van der Waals surface area contributed by atoms with Gasteiger partial charge in [0, 0.05) is 30.2 Å². The number of nitrogens with two attached hydrogens (primary N) is 2. The van der Waals surface area contributed by atoms with E-state index in [9.17, 15) is 52.5 Å². The Morgan fingerprint density at radius 2 is 1.48 bits per heavy atom. The van der Waals surface area contributed by atoms with Gasteiger partial charge in [-0.3, -0.25) is 47.6 Å². The molecule has 1 spiro atoms. The zero-order valence-electron chi connectivity index (χ0n) is 35.2. The van der Waals surface area contributed by atoms with Gasteiger partial charge in [0.15, 0.2) is 5.96 Å². The first-order valence-electron chi connectivity index (χ1n) is 20.5. The lowest BCUT2D eigenvalue weighted by Crippen LogP contribution is -2.68. The maximum atomic E-state index is 14.2. The SMILES string of the molecule is C/C=C1/NC(=O)C(NC(=O)CNC(=O)CCCCCCCCCCCCN=C(N)N)CC2(CS(=O)CC(C(=O)O)NC(=O)CNC(=O)CNC2=O)NC(=O)[C@H](C(C)C)NC1=O. The molecule has 0 aliphatic carbocycles. The molecule has 2 saturated heterocycles. The summed E-state index contributed by atoms with van der Waals surface area (Å²) in [5.74, 6) is -10.9. The molecule has 61 heavy (non-hydrogen) atoms. The van der Waals surface area contributed by atoms with Crippen LogP contribution in [0.15, 0.2) is 16.8 Å². The van der Waals surface area contributed by atoms with Gasteiger partial charge < -0.3 is 59.1 Å². The van der Waals surface area contributed by atoms with Crippen LogP contribution in [0.4, 0.5) is 0 Å². The lowest BCUT2D eigenvalue weighted by atomic mass is 9.89. The maximum Gasteiger partial charge on any atom is 0.327 e. The summed E-state index contributed by atoms with van der Waals surface area (Å²) in [4.78, 5) is 122. The molecule has 0 aromatic heterocycles. The van der Waals surface area contributed by atoms with Gasteiger partial charge in [-0.05, 0) is 25.7 Å². The number of amides is 8. The number of allylic oxidation sites excluding steroid dienone is 1. The normalized spacial score (nSPS) is 23.9. The molecule has 22 nitrogen and oxygen atoms in total. The third-order valence-corrected chi connectivity index (χ3v) is 11.3. The van der Waals surface area contributed by atoms with Crippen LogP contribution in [0.25, 0.3) is 0 Å². The van der Waals surface area contributed by atoms with Gasteiger partial charge in [0.2, 0.25) is 41.4 Å². The lowest BCUT2D eigenvalue weighted by molar-refractivity contribution is -0.141. The molecular weight excluding hydrogens is 819 g/mol. The molecule has 8 amide bonds. The van der Waals surface area contributed by atoms with Gasteiger partial charge in [0.05, 0.1) is 31.1 Å². The molecule has 4 unspecified atom stereocenters. The second-order valence-electron chi connectivity index (χ2n) is 15.3. The van der Waals surface area contributed by atoms with Crippen molar-refractivity contribution in [3.8, 4) is 0 Å². The van der Waals surface area contributed by atoms with Gasteiger partial charge in [-0.15, -0.1) is 0 Å². The summed E-state index contributed by atoms with van der Waals surface area (Å²) in [5.41, 5.74) is 7.92. The van der Waals surface area contributed by atoms with Crippen molar-refractivity contribution < 1.29 is 52.5 Å². The fourth-order valence-electron chi connectivity index (χ4n) is 6.51. The fourth-order valence-corrected chi connectivity index (χ4v) is 8.10. The number of aliphatic carboxylic acids is 1. The zero-order chi connectivity index (χ0) is 45.5. The van der Waals surface area contributed by atoms with Crippen LogP contribution in [0.2, 0.25) is 0 Å². The summed E-state index contributed by atoms with van der Waals surface area (Å²) in [7, 11) is -2.36. The lowest BCUT2D eigenvalue weighted by Gasteiger charge is -2.37. The van der Waals surface area contributed by atoms with Crippen LogP contribution < -0.4 is 54.0 Å². The number of aliphatic imine (C=N–C) groups is 1. The van der Waals surface area contributed by atoms with Crippen molar-refractivity contribution in [1.82, 2.24) is 42.5 Å². The number of carboxylic acid groups (broad SMARTS) is 1. The predicted molar refractivity (Wildman–Crippen MR) is 224 cm³/mol. The highest BCUT2D eigenvalue weighted by Crippen LogP contribution is 2.21. The van der Waals surface area contributed by atoms with E-state index in [0.717, 1.165) is 57.8 Å². The smallest absolute Gasteiger partial charge is 0.327 e. The molecule has 0 aromatic carbocycles. The fraction of sp³-hybridized carbons (Fsp3) is 0.684. The molecule has 2 fully saturated rings. The number of unbranched alkanes of at least 4 members (excludes halogenated alkanes) is 9. The molecular formula is C38H63N11O11S. The van der Waals surface area contributed by atoms with Crippen molar-refractivity contribution in [1.29, 1.82) is 0 Å². The molecule has 2 rings (SSSR count). The van der Waals surface area contributed by atoms with Crippen molar-refractivity contribution in [2.45, 2.75) is 121 Å². The summed E-state index contributed by atoms with van der Waals surface area (Å²) in [6, 6.07) is -4.88. The largest absolute Gasteiger partial charge is 0.480 e. The Balaban J connectivity index is 2.25. The topological polar surface area (TPSA) is 352 Å². The highest BCUT2D eigenvalue weighted by molar-refractivity contribution is 7.85. The number of hydrogen-bond acceptors (Lipinski definition) is 11. The molecule has 0 bridgehead atoms. The van der Waals surface area contributed by atoms with E-state index in [1.807, 2.05) is 0 Å². The number of carboxylic acids is 1. The molecule has 2 aliphatic heterocycles. The summed E-state index contributed by atoms with van der Waals surface area (Å²) < 4.78 is 13.8. The van der Waals surface area contributed by atoms with Gasteiger partial charge in [0.25, 0.3) is 5.91 Å². The van der Waals surface area contributed by atoms with Crippen molar-refractivity contribution in [2.75, 3.05) is 37.7 Å². The van der Waals surface area contributed by atoms with E-state index < -0.39 is 131 Å². The molecule has 2 aliphatic rings. The highest BCUT2D eigenvalue weighted by atomic mass is 32.2. The van der Waals surface area contributed by atoms with Crippen molar-refractivity contribution in [3.63, 3.8) is 0 Å². The van der Waals surface area contributed by atoms with Crippen LogP contribution >= 0.6 is 0 Å². The summed E-state index contributed by atoms with van der Waals surface area (Å²) >= 11 is 0. The predicted octanol–water partition coefficient (Wildman–Crippen LogP) is -2.86. The molecule has 2 heterocycles. The number of carbonyl (C=O) groups excluding carboxylic acids is 8. The Morgan fingerprint density at radius 1 is 0.869 bits per heavy atom. The Morgan fingerprint density at radius 3 is 2.07 bits per heavy atom. The van der Waals surface area contributed by atoms with E-state index in [4.69, 9.17) is 11.5 Å². The third kappa shape index (κ3) is 19.1. The van der Waals surface area contributed by atoms with Gasteiger partial charge >= 0.3 is 5.97 Å². The molecule has 342 valence electrons. The number of guanidine groups is 1. The first kappa shape index (κ1) is 51.5. The van der Waals surface area contributed by atoms with E-state index in [-0.39, 0.29) is 18.1 Å². The maximum absolute atomic E-state index is 14.2. The molecule has 0 saturated carbocycles. The highest BCUT2D eigenvalue weighted by Gasteiger charge is 2.48. The Kier molecular flexibility index (Phi) is 22.4. The van der Waals surface area contributed by atoms with Crippen LogP contribution in [0.3, 0.4) is 0 Å². The van der Waals surface area contributed by atoms with Crippen LogP contribution in [-0.4, -0.2) is 130 Å². The Labute approximate surface area is 357 Å². The van der Waals surface area contributed by atoms with Crippen LogP contribution in [0, 0.1) is 5.92 Å². The second kappa shape index (κ2) is 26.6.